The average molecular weight is 229 g/mol. The third-order valence-corrected chi connectivity index (χ3v) is 2.90. The molecule has 0 fully saturated rings. The number of hydrogen-bond donors (Lipinski definition) is 1. The summed E-state index contributed by atoms with van der Waals surface area (Å²) in [5, 5.41) is 16.1. The molecule has 0 aliphatic rings. The highest BCUT2D eigenvalue weighted by molar-refractivity contribution is 7.07. The Morgan fingerprint density at radius 3 is 3.06 bits per heavy atom. The van der Waals surface area contributed by atoms with Gasteiger partial charge in [0, 0.05) is 6.54 Å². The first kappa shape index (κ1) is 10.7. The summed E-state index contributed by atoms with van der Waals surface area (Å²) in [6.45, 7) is 0.832. The molecule has 0 bridgehead atoms. The Labute approximate surface area is 98.4 Å². The number of nitriles is 1. The van der Waals surface area contributed by atoms with Crippen molar-refractivity contribution in [2.75, 3.05) is 11.9 Å². The molecule has 0 saturated carbocycles. The van der Waals surface area contributed by atoms with Crippen LogP contribution in [0.5, 0.6) is 0 Å². The number of anilines is 1. The summed E-state index contributed by atoms with van der Waals surface area (Å²) in [6.07, 6.45) is 0.974. The first-order valence-corrected chi connectivity index (χ1v) is 5.95. The minimum Gasteiger partial charge on any atom is -0.370 e. The van der Waals surface area contributed by atoms with Gasteiger partial charge in [-0.2, -0.15) is 16.6 Å². The van der Waals surface area contributed by atoms with Crippen molar-refractivity contribution in [3.63, 3.8) is 0 Å². The highest BCUT2D eigenvalue weighted by atomic mass is 32.1. The van der Waals surface area contributed by atoms with Gasteiger partial charge in [0.2, 0.25) is 0 Å². The molecule has 0 atom stereocenters. The Morgan fingerprint density at radius 1 is 1.38 bits per heavy atom. The fourth-order valence-electron chi connectivity index (χ4n) is 1.37. The fourth-order valence-corrected chi connectivity index (χ4v) is 2.07. The second-order valence-electron chi connectivity index (χ2n) is 3.33. The quantitative estimate of drug-likeness (QED) is 0.876. The van der Waals surface area contributed by atoms with Gasteiger partial charge in [-0.05, 0) is 40.9 Å². The predicted molar refractivity (Wildman–Crippen MR) is 65.5 cm³/mol. The first-order valence-electron chi connectivity index (χ1n) is 5.00. The Kier molecular flexibility index (Phi) is 3.52. The maximum Gasteiger partial charge on any atom is 0.142 e. The lowest BCUT2D eigenvalue weighted by molar-refractivity contribution is 1.01. The highest BCUT2D eigenvalue weighted by Crippen LogP contribution is 2.08. The number of pyridine rings is 1. The van der Waals surface area contributed by atoms with Crippen LogP contribution in [-0.4, -0.2) is 11.5 Å². The lowest BCUT2D eigenvalue weighted by Gasteiger charge is -2.04. The van der Waals surface area contributed by atoms with Gasteiger partial charge in [-0.3, -0.25) is 0 Å². The highest BCUT2D eigenvalue weighted by Gasteiger charge is 1.97. The maximum absolute atomic E-state index is 8.70. The minimum absolute atomic E-state index is 0.445. The molecule has 2 aromatic heterocycles. The maximum atomic E-state index is 8.70. The van der Waals surface area contributed by atoms with Crippen LogP contribution in [0.15, 0.2) is 35.0 Å². The smallest absolute Gasteiger partial charge is 0.142 e. The molecule has 0 aliphatic carbocycles. The fraction of sp³-hybridized carbons (Fsp3) is 0.167. The van der Waals surface area contributed by atoms with Gasteiger partial charge in [-0.15, -0.1) is 0 Å². The van der Waals surface area contributed by atoms with Crippen LogP contribution in [0.3, 0.4) is 0 Å². The van der Waals surface area contributed by atoms with E-state index in [1.54, 1.807) is 17.4 Å². The minimum atomic E-state index is 0.445. The molecule has 4 heteroatoms. The molecule has 0 saturated heterocycles. The van der Waals surface area contributed by atoms with Crippen LogP contribution in [0.1, 0.15) is 11.3 Å². The molecule has 1 N–H and O–H groups in total. The molecule has 0 spiro atoms. The third kappa shape index (κ3) is 2.81. The van der Waals surface area contributed by atoms with Crippen molar-refractivity contribution in [3.8, 4) is 6.07 Å². The van der Waals surface area contributed by atoms with Crippen molar-refractivity contribution in [2.45, 2.75) is 6.42 Å². The van der Waals surface area contributed by atoms with Gasteiger partial charge in [0.15, 0.2) is 0 Å². The second kappa shape index (κ2) is 5.29. The average Bonchev–Trinajstić information content (AvgIpc) is 2.82. The van der Waals surface area contributed by atoms with Gasteiger partial charge in [-0.25, -0.2) is 4.98 Å². The molecule has 0 unspecified atom stereocenters. The summed E-state index contributed by atoms with van der Waals surface area (Å²) in [4.78, 5) is 4.14. The van der Waals surface area contributed by atoms with Crippen LogP contribution >= 0.6 is 11.3 Å². The van der Waals surface area contributed by atoms with E-state index in [1.807, 2.05) is 18.2 Å². The van der Waals surface area contributed by atoms with Gasteiger partial charge in [0.05, 0.1) is 0 Å². The zero-order valence-corrected chi connectivity index (χ0v) is 9.50. The Balaban J connectivity index is 1.88. The number of nitrogens with zero attached hydrogens (tertiary/aromatic N) is 2. The summed E-state index contributed by atoms with van der Waals surface area (Å²) in [7, 11) is 0. The van der Waals surface area contributed by atoms with E-state index >= 15 is 0 Å². The van der Waals surface area contributed by atoms with E-state index in [0.717, 1.165) is 18.8 Å². The number of hydrogen-bond acceptors (Lipinski definition) is 4. The van der Waals surface area contributed by atoms with E-state index in [4.69, 9.17) is 5.26 Å². The summed E-state index contributed by atoms with van der Waals surface area (Å²) in [5.74, 6) is 0.759. The van der Waals surface area contributed by atoms with Crippen molar-refractivity contribution in [2.24, 2.45) is 0 Å². The lowest BCUT2D eigenvalue weighted by Crippen LogP contribution is -2.06. The number of thiophene rings is 1. The predicted octanol–water partition coefficient (Wildman–Crippen LogP) is 2.67. The molecule has 16 heavy (non-hydrogen) atoms. The van der Waals surface area contributed by atoms with Gasteiger partial charge < -0.3 is 5.32 Å². The van der Waals surface area contributed by atoms with Crippen molar-refractivity contribution >= 4 is 17.2 Å². The zero-order chi connectivity index (χ0) is 11.2. The molecule has 0 amide bonds. The standard InChI is InChI=1S/C12H11N3S/c13-8-11-2-1-3-12(15-11)14-6-4-10-5-7-16-9-10/h1-3,5,7,9H,4,6H2,(H,14,15). The number of aromatic nitrogens is 1. The first-order chi connectivity index (χ1) is 7.88. The third-order valence-electron chi connectivity index (χ3n) is 2.16. The van der Waals surface area contributed by atoms with E-state index in [1.165, 1.54) is 5.56 Å². The zero-order valence-electron chi connectivity index (χ0n) is 8.68. The summed E-state index contributed by atoms with van der Waals surface area (Å²) >= 11 is 1.71. The molecule has 3 nitrogen and oxygen atoms in total. The van der Waals surface area contributed by atoms with Crippen LogP contribution in [0, 0.1) is 11.3 Å². The molecular formula is C12H11N3S. The van der Waals surface area contributed by atoms with E-state index < -0.39 is 0 Å². The van der Waals surface area contributed by atoms with Crippen LogP contribution in [0.2, 0.25) is 0 Å². The summed E-state index contributed by atoms with van der Waals surface area (Å²) in [5.41, 5.74) is 1.77. The van der Waals surface area contributed by atoms with Gasteiger partial charge in [0.1, 0.15) is 17.6 Å². The second-order valence-corrected chi connectivity index (χ2v) is 4.11. The Morgan fingerprint density at radius 2 is 2.31 bits per heavy atom. The van der Waals surface area contributed by atoms with Gasteiger partial charge >= 0.3 is 0 Å². The van der Waals surface area contributed by atoms with E-state index in [9.17, 15) is 0 Å². The van der Waals surface area contributed by atoms with Crippen molar-refractivity contribution in [3.05, 3.63) is 46.3 Å². The van der Waals surface area contributed by atoms with Crippen LogP contribution in [0.4, 0.5) is 5.82 Å². The summed E-state index contributed by atoms with van der Waals surface area (Å²) in [6, 6.07) is 9.54. The molecule has 0 aromatic carbocycles. The van der Waals surface area contributed by atoms with Gasteiger partial charge in [0.25, 0.3) is 0 Å². The number of rotatable bonds is 4. The molecular weight excluding hydrogens is 218 g/mol. The molecule has 80 valence electrons. The number of nitrogens with one attached hydrogen (secondary N) is 1. The lowest BCUT2D eigenvalue weighted by atomic mass is 10.2. The summed E-state index contributed by atoms with van der Waals surface area (Å²) < 4.78 is 0. The van der Waals surface area contributed by atoms with Crippen LogP contribution in [-0.2, 0) is 6.42 Å². The molecule has 2 heterocycles. The molecule has 2 rings (SSSR count). The molecule has 2 aromatic rings. The topological polar surface area (TPSA) is 48.7 Å². The normalized spacial score (nSPS) is 9.69. The van der Waals surface area contributed by atoms with Crippen molar-refractivity contribution in [1.29, 1.82) is 5.26 Å². The molecule has 0 aliphatic heterocycles. The van der Waals surface area contributed by atoms with E-state index in [0.29, 0.717) is 5.69 Å². The molecule has 0 radical (unpaired) electrons. The van der Waals surface area contributed by atoms with E-state index in [2.05, 4.69) is 27.1 Å². The Bertz CT molecular complexity index is 485. The SMILES string of the molecule is N#Cc1cccc(NCCc2ccsc2)n1. The van der Waals surface area contributed by atoms with Gasteiger partial charge in [-0.1, -0.05) is 6.07 Å². The Hall–Kier alpha value is -1.86. The van der Waals surface area contributed by atoms with Crippen LogP contribution < -0.4 is 5.32 Å². The largest absolute Gasteiger partial charge is 0.370 e. The van der Waals surface area contributed by atoms with E-state index in [-0.39, 0.29) is 0 Å². The van der Waals surface area contributed by atoms with Crippen molar-refractivity contribution in [1.82, 2.24) is 4.98 Å². The van der Waals surface area contributed by atoms with Crippen molar-refractivity contribution < 1.29 is 0 Å². The monoisotopic (exact) mass is 229 g/mol. The van der Waals surface area contributed by atoms with Crippen LogP contribution in [0.25, 0.3) is 0 Å².